The zero-order valence-corrected chi connectivity index (χ0v) is 18.2. The summed E-state index contributed by atoms with van der Waals surface area (Å²) in [7, 11) is 0. The third kappa shape index (κ3) is 6.17. The van der Waals surface area contributed by atoms with Crippen LogP contribution in [0.15, 0.2) is 42.5 Å². The van der Waals surface area contributed by atoms with Gasteiger partial charge in [0.2, 0.25) is 0 Å². The second-order valence-corrected chi connectivity index (χ2v) is 8.53. The molecule has 0 bridgehead atoms. The van der Waals surface area contributed by atoms with Gasteiger partial charge >= 0.3 is 0 Å². The van der Waals surface area contributed by atoms with E-state index in [0.29, 0.717) is 12.0 Å². The number of carbonyl (C=O) groups excluding carboxylic acids is 1. The van der Waals surface area contributed by atoms with Crippen LogP contribution < -0.4 is 4.74 Å². The average Bonchev–Trinajstić information content (AvgIpc) is 2.73. The van der Waals surface area contributed by atoms with Crippen molar-refractivity contribution in [3.05, 3.63) is 64.7 Å². The fourth-order valence-electron chi connectivity index (χ4n) is 4.59. The number of hydrogen-bond acceptors (Lipinski definition) is 3. The van der Waals surface area contributed by atoms with Gasteiger partial charge in [-0.2, -0.15) is 0 Å². The third-order valence-corrected chi connectivity index (χ3v) is 6.14. The number of fused-ring (bicyclic) bond motifs is 1. The van der Waals surface area contributed by atoms with E-state index in [2.05, 4.69) is 61.2 Å². The maximum atomic E-state index is 8.81. The molecule has 0 aromatic heterocycles. The summed E-state index contributed by atoms with van der Waals surface area (Å²) < 4.78 is 6.08. The molecule has 2 aliphatic rings. The lowest BCUT2D eigenvalue weighted by Crippen LogP contribution is -2.46. The van der Waals surface area contributed by atoms with Crippen molar-refractivity contribution in [2.75, 3.05) is 19.7 Å². The van der Waals surface area contributed by atoms with Crippen LogP contribution in [0.2, 0.25) is 0 Å². The predicted octanol–water partition coefficient (Wildman–Crippen LogP) is 5.16. The maximum Gasteiger partial charge on any atom is 0.119 e. The zero-order chi connectivity index (χ0) is 20.6. The van der Waals surface area contributed by atoms with E-state index in [1.165, 1.54) is 63.2 Å². The van der Waals surface area contributed by atoms with Gasteiger partial charge in [0.05, 0.1) is 6.61 Å². The minimum absolute atomic E-state index is 0.656. The fourth-order valence-corrected chi connectivity index (χ4v) is 4.59. The molecule has 2 aromatic rings. The highest BCUT2D eigenvalue weighted by atomic mass is 16.5. The van der Waals surface area contributed by atoms with Gasteiger partial charge < -0.3 is 9.53 Å². The standard InChI is InChI=1S/C24H31NO.C2H4O/c1-18-6-11-24(12-7-18)26-17-20-4-3-13-25(16-20)23-10-9-21-8-5-19(2)14-22(21)15-23;1-2-3/h5-8,11-12,14,20,23H,3-4,9-10,13,15-17H2,1-2H3;2H,1H3/t20-,23?;/m1./s1. The highest BCUT2D eigenvalue weighted by Crippen LogP contribution is 2.29. The summed E-state index contributed by atoms with van der Waals surface area (Å²) in [6.45, 7) is 9.07. The van der Waals surface area contributed by atoms with Gasteiger partial charge in [-0.05, 0) is 82.7 Å². The van der Waals surface area contributed by atoms with Crippen molar-refractivity contribution in [3.63, 3.8) is 0 Å². The molecule has 0 N–H and O–H groups in total. The quantitative estimate of drug-likeness (QED) is 0.672. The summed E-state index contributed by atoms with van der Waals surface area (Å²) in [6.07, 6.45) is 7.12. The monoisotopic (exact) mass is 393 g/mol. The smallest absolute Gasteiger partial charge is 0.119 e. The van der Waals surface area contributed by atoms with E-state index in [1.54, 1.807) is 11.1 Å². The van der Waals surface area contributed by atoms with Crippen LogP contribution >= 0.6 is 0 Å². The first-order valence-electron chi connectivity index (χ1n) is 11.0. The average molecular weight is 394 g/mol. The number of likely N-dealkylation sites (tertiary alicyclic amines) is 1. The molecule has 1 aliphatic heterocycles. The lowest BCUT2D eigenvalue weighted by Gasteiger charge is -2.40. The van der Waals surface area contributed by atoms with Gasteiger partial charge in [0.1, 0.15) is 12.0 Å². The molecular weight excluding hydrogens is 358 g/mol. The van der Waals surface area contributed by atoms with Crippen molar-refractivity contribution >= 4 is 6.29 Å². The molecule has 2 aromatic carbocycles. The molecular formula is C26H35NO2. The van der Waals surface area contributed by atoms with Gasteiger partial charge in [-0.1, -0.05) is 41.5 Å². The molecule has 0 spiro atoms. The Balaban J connectivity index is 0.000000755. The summed E-state index contributed by atoms with van der Waals surface area (Å²) >= 11 is 0. The molecule has 2 atom stereocenters. The zero-order valence-electron chi connectivity index (χ0n) is 18.2. The molecule has 1 unspecified atom stereocenters. The SMILES string of the molecule is CC=O.Cc1ccc(OC[C@@H]2CCCN(C3CCc4ccc(C)cc4C3)C2)cc1. The van der Waals surface area contributed by atoms with Crippen LogP contribution in [0.25, 0.3) is 0 Å². The number of aldehydes is 1. The molecule has 1 aliphatic carbocycles. The normalized spacial score (nSPS) is 21.5. The van der Waals surface area contributed by atoms with Crippen molar-refractivity contribution in [3.8, 4) is 5.75 Å². The molecule has 0 amide bonds. The van der Waals surface area contributed by atoms with Crippen LogP contribution in [-0.4, -0.2) is 36.9 Å². The molecule has 1 saturated heterocycles. The summed E-state index contributed by atoms with van der Waals surface area (Å²) in [5.74, 6) is 1.67. The largest absolute Gasteiger partial charge is 0.493 e. The van der Waals surface area contributed by atoms with Crippen molar-refractivity contribution in [2.24, 2.45) is 5.92 Å². The number of piperidine rings is 1. The number of aryl methyl sites for hydroxylation is 3. The Labute approximate surface area is 176 Å². The molecule has 0 saturated carbocycles. The van der Waals surface area contributed by atoms with Crippen molar-refractivity contribution in [1.29, 1.82) is 0 Å². The van der Waals surface area contributed by atoms with Gasteiger partial charge in [0.25, 0.3) is 0 Å². The topological polar surface area (TPSA) is 29.5 Å². The van der Waals surface area contributed by atoms with Gasteiger partial charge in [-0.3, -0.25) is 4.90 Å². The molecule has 1 heterocycles. The predicted molar refractivity (Wildman–Crippen MR) is 120 cm³/mol. The number of ether oxygens (including phenoxy) is 1. The van der Waals surface area contributed by atoms with E-state index < -0.39 is 0 Å². The first-order valence-corrected chi connectivity index (χ1v) is 11.0. The van der Waals surface area contributed by atoms with Gasteiger partial charge in [-0.25, -0.2) is 0 Å². The van der Waals surface area contributed by atoms with Crippen LogP contribution in [0, 0.1) is 19.8 Å². The highest BCUT2D eigenvalue weighted by Gasteiger charge is 2.29. The Morgan fingerprint density at radius 2 is 1.76 bits per heavy atom. The Bertz CT molecular complexity index is 784. The van der Waals surface area contributed by atoms with Crippen molar-refractivity contribution in [1.82, 2.24) is 4.90 Å². The van der Waals surface area contributed by atoms with E-state index >= 15 is 0 Å². The van der Waals surface area contributed by atoms with Crippen LogP contribution in [0.3, 0.4) is 0 Å². The van der Waals surface area contributed by atoms with Crippen LogP contribution in [-0.2, 0) is 17.6 Å². The third-order valence-electron chi connectivity index (χ3n) is 6.14. The maximum absolute atomic E-state index is 8.81. The molecule has 156 valence electrons. The summed E-state index contributed by atoms with van der Waals surface area (Å²) in [4.78, 5) is 11.6. The van der Waals surface area contributed by atoms with Gasteiger partial charge in [0.15, 0.2) is 0 Å². The Morgan fingerprint density at radius 1 is 1.03 bits per heavy atom. The van der Waals surface area contributed by atoms with E-state index in [-0.39, 0.29) is 0 Å². The van der Waals surface area contributed by atoms with E-state index in [9.17, 15) is 0 Å². The lowest BCUT2D eigenvalue weighted by molar-refractivity contribution is -0.106. The first-order chi connectivity index (χ1) is 14.1. The Morgan fingerprint density at radius 3 is 2.52 bits per heavy atom. The molecule has 1 fully saturated rings. The molecule has 0 radical (unpaired) electrons. The summed E-state index contributed by atoms with van der Waals surface area (Å²) in [6, 6.07) is 16.2. The van der Waals surface area contributed by atoms with E-state index in [1.807, 2.05) is 0 Å². The van der Waals surface area contributed by atoms with E-state index in [0.717, 1.165) is 18.6 Å². The molecule has 3 nitrogen and oxygen atoms in total. The second kappa shape index (κ2) is 10.6. The summed E-state index contributed by atoms with van der Waals surface area (Å²) in [5, 5.41) is 0. The first kappa shape index (κ1) is 21.6. The second-order valence-electron chi connectivity index (χ2n) is 8.53. The number of rotatable bonds is 4. The molecule has 4 rings (SSSR count). The number of carbonyl (C=O) groups is 1. The molecule has 29 heavy (non-hydrogen) atoms. The van der Waals surface area contributed by atoms with Crippen LogP contribution in [0.4, 0.5) is 0 Å². The van der Waals surface area contributed by atoms with Crippen molar-refractivity contribution < 1.29 is 9.53 Å². The fraction of sp³-hybridized carbons (Fsp3) is 0.500. The number of hydrogen-bond donors (Lipinski definition) is 0. The number of nitrogens with zero attached hydrogens (tertiary/aromatic N) is 1. The van der Waals surface area contributed by atoms with Crippen LogP contribution in [0.1, 0.15) is 48.4 Å². The van der Waals surface area contributed by atoms with E-state index in [4.69, 9.17) is 9.53 Å². The summed E-state index contributed by atoms with van der Waals surface area (Å²) in [5.41, 5.74) is 5.84. The van der Waals surface area contributed by atoms with Crippen LogP contribution in [0.5, 0.6) is 5.75 Å². The molecule has 3 heteroatoms. The van der Waals surface area contributed by atoms with Gasteiger partial charge in [-0.15, -0.1) is 0 Å². The lowest BCUT2D eigenvalue weighted by atomic mass is 9.85. The van der Waals surface area contributed by atoms with Gasteiger partial charge in [0, 0.05) is 18.5 Å². The Kier molecular flexibility index (Phi) is 7.88. The Hall–Kier alpha value is -2.13. The number of benzene rings is 2. The minimum atomic E-state index is 0.656. The van der Waals surface area contributed by atoms with Crippen molar-refractivity contribution in [2.45, 2.75) is 58.9 Å². The highest BCUT2D eigenvalue weighted by molar-refractivity contribution is 5.44. The minimum Gasteiger partial charge on any atom is -0.493 e.